The second-order valence-corrected chi connectivity index (χ2v) is 8.35. The van der Waals surface area contributed by atoms with Crippen LogP contribution in [0.2, 0.25) is 0 Å². The van der Waals surface area contributed by atoms with Gasteiger partial charge in [-0.15, -0.1) is 0 Å². The number of amides is 2. The van der Waals surface area contributed by atoms with Crippen LogP contribution < -0.4 is 15.4 Å². The van der Waals surface area contributed by atoms with Crippen molar-refractivity contribution in [3.8, 4) is 5.75 Å². The third kappa shape index (κ3) is 5.66. The van der Waals surface area contributed by atoms with E-state index >= 15 is 0 Å². The quantitative estimate of drug-likeness (QED) is 0.634. The molecule has 1 aliphatic rings. The van der Waals surface area contributed by atoms with Crippen LogP contribution in [0.25, 0.3) is 0 Å². The van der Waals surface area contributed by atoms with Crippen LogP contribution in [-0.4, -0.2) is 18.6 Å². The highest BCUT2D eigenvalue weighted by Gasteiger charge is 2.32. The molecule has 0 bridgehead atoms. The molecule has 1 heterocycles. The Morgan fingerprint density at radius 2 is 1.87 bits per heavy atom. The Hall–Kier alpha value is -3.28. The van der Waals surface area contributed by atoms with Crippen LogP contribution in [0, 0.1) is 19.8 Å². The molecule has 0 saturated heterocycles. The molecule has 0 aromatic heterocycles. The third-order valence-corrected chi connectivity index (χ3v) is 5.13. The van der Waals surface area contributed by atoms with Gasteiger partial charge in [-0.3, -0.25) is 0 Å². The lowest BCUT2D eigenvalue weighted by atomic mass is 9.95. The fourth-order valence-corrected chi connectivity index (χ4v) is 3.44. The van der Waals surface area contributed by atoms with Crippen LogP contribution in [0.15, 0.2) is 53.7 Å². The number of urea groups is 1. The van der Waals surface area contributed by atoms with Gasteiger partial charge in [-0.25, -0.2) is 9.59 Å². The molecule has 6 nitrogen and oxygen atoms in total. The largest absolute Gasteiger partial charge is 0.489 e. The molecule has 164 valence electrons. The normalized spacial score (nSPS) is 16.1. The molecule has 3 rings (SSSR count). The summed E-state index contributed by atoms with van der Waals surface area (Å²) in [4.78, 5) is 24.9. The molecule has 1 unspecified atom stereocenters. The molecule has 0 saturated carbocycles. The van der Waals surface area contributed by atoms with Gasteiger partial charge in [0.05, 0.1) is 18.2 Å². The van der Waals surface area contributed by atoms with Crippen molar-refractivity contribution in [3.05, 3.63) is 76.0 Å². The zero-order valence-corrected chi connectivity index (χ0v) is 18.7. The van der Waals surface area contributed by atoms with Gasteiger partial charge in [-0.1, -0.05) is 49.7 Å². The fraction of sp³-hybridized carbons (Fsp3) is 0.360. The average Bonchev–Trinajstić information content (AvgIpc) is 2.72. The lowest BCUT2D eigenvalue weighted by Crippen LogP contribution is -2.45. The topological polar surface area (TPSA) is 76.7 Å². The molecule has 1 aliphatic heterocycles. The van der Waals surface area contributed by atoms with Gasteiger partial charge in [0.1, 0.15) is 12.4 Å². The minimum Gasteiger partial charge on any atom is -0.489 e. The molecule has 31 heavy (non-hydrogen) atoms. The summed E-state index contributed by atoms with van der Waals surface area (Å²) in [6, 6.07) is 12.7. The average molecular weight is 423 g/mol. The van der Waals surface area contributed by atoms with Crippen molar-refractivity contribution in [2.45, 2.75) is 47.3 Å². The summed E-state index contributed by atoms with van der Waals surface area (Å²) in [5, 5.41) is 5.50. The predicted octanol–water partition coefficient (Wildman–Crippen LogP) is 4.71. The first kappa shape index (κ1) is 22.4. The van der Waals surface area contributed by atoms with E-state index in [-0.39, 0.29) is 11.9 Å². The van der Waals surface area contributed by atoms with Gasteiger partial charge in [0.15, 0.2) is 0 Å². The molecule has 6 heteroatoms. The van der Waals surface area contributed by atoms with Gasteiger partial charge in [0.2, 0.25) is 0 Å². The number of rotatable bonds is 7. The number of aryl methyl sites for hydroxylation is 2. The van der Waals surface area contributed by atoms with Crippen LogP contribution in [0.1, 0.15) is 49.1 Å². The second kappa shape index (κ2) is 9.69. The van der Waals surface area contributed by atoms with E-state index in [1.807, 2.05) is 38.1 Å². The second-order valence-electron chi connectivity index (χ2n) is 8.35. The van der Waals surface area contributed by atoms with Gasteiger partial charge >= 0.3 is 12.0 Å². The van der Waals surface area contributed by atoms with E-state index in [1.165, 1.54) is 11.1 Å². The summed E-state index contributed by atoms with van der Waals surface area (Å²) in [5.74, 6) is 0.445. The van der Waals surface area contributed by atoms with Crippen molar-refractivity contribution < 1.29 is 19.1 Å². The molecule has 0 aliphatic carbocycles. The highest BCUT2D eigenvalue weighted by molar-refractivity contribution is 5.95. The van der Waals surface area contributed by atoms with Crippen LogP contribution >= 0.6 is 0 Å². The number of esters is 1. The SMILES string of the molecule is CC1=C(C(=O)OCC(C)C)C(c2cccc(OCc3cc(C)ccc3C)c2)NC(=O)N1. The van der Waals surface area contributed by atoms with Crippen LogP contribution in [0.3, 0.4) is 0 Å². The number of hydrogen-bond donors (Lipinski definition) is 2. The Kier molecular flexibility index (Phi) is 7.00. The van der Waals surface area contributed by atoms with Crippen molar-refractivity contribution in [1.29, 1.82) is 0 Å². The predicted molar refractivity (Wildman–Crippen MR) is 120 cm³/mol. The molecule has 2 aromatic carbocycles. The van der Waals surface area contributed by atoms with Gasteiger partial charge in [0, 0.05) is 5.70 Å². The van der Waals surface area contributed by atoms with Crippen molar-refractivity contribution in [2.75, 3.05) is 6.61 Å². The van der Waals surface area contributed by atoms with E-state index in [4.69, 9.17) is 9.47 Å². The Morgan fingerprint density at radius 1 is 1.10 bits per heavy atom. The zero-order chi connectivity index (χ0) is 22.5. The van der Waals surface area contributed by atoms with Crippen molar-refractivity contribution in [2.24, 2.45) is 5.92 Å². The molecule has 2 amide bonds. The number of benzene rings is 2. The van der Waals surface area contributed by atoms with Gasteiger partial charge in [-0.05, 0) is 55.5 Å². The van der Waals surface area contributed by atoms with E-state index in [0.29, 0.717) is 30.2 Å². The summed E-state index contributed by atoms with van der Waals surface area (Å²) >= 11 is 0. The monoisotopic (exact) mass is 422 g/mol. The fourth-order valence-electron chi connectivity index (χ4n) is 3.44. The maximum Gasteiger partial charge on any atom is 0.338 e. The first-order valence-electron chi connectivity index (χ1n) is 10.5. The molecule has 0 fully saturated rings. The maximum absolute atomic E-state index is 12.8. The Balaban J connectivity index is 1.83. The molecule has 2 N–H and O–H groups in total. The molecular formula is C25H30N2O4. The standard InChI is InChI=1S/C25H30N2O4/c1-15(2)13-31-24(28)22-18(5)26-25(29)27-23(22)19-7-6-8-21(12-19)30-14-20-11-16(3)9-10-17(20)4/h6-12,15,23H,13-14H2,1-5H3,(H2,26,27,29). The zero-order valence-electron chi connectivity index (χ0n) is 18.7. The smallest absolute Gasteiger partial charge is 0.338 e. The van der Waals surface area contributed by atoms with E-state index in [1.54, 1.807) is 6.92 Å². The Bertz CT molecular complexity index is 1010. The lowest BCUT2D eigenvalue weighted by Gasteiger charge is -2.28. The minimum atomic E-state index is -0.613. The van der Waals surface area contributed by atoms with Crippen LogP contribution in [0.5, 0.6) is 5.75 Å². The number of hydrogen-bond acceptors (Lipinski definition) is 4. The van der Waals surface area contributed by atoms with E-state index < -0.39 is 12.0 Å². The van der Waals surface area contributed by atoms with Crippen molar-refractivity contribution in [1.82, 2.24) is 10.6 Å². The van der Waals surface area contributed by atoms with Gasteiger partial charge in [0.25, 0.3) is 0 Å². The van der Waals surface area contributed by atoms with Crippen molar-refractivity contribution in [3.63, 3.8) is 0 Å². The first-order chi connectivity index (χ1) is 14.7. The highest BCUT2D eigenvalue weighted by Crippen LogP contribution is 2.30. The molecule has 2 aromatic rings. The number of ether oxygens (including phenoxy) is 2. The van der Waals surface area contributed by atoms with E-state index in [0.717, 1.165) is 11.1 Å². The molecular weight excluding hydrogens is 392 g/mol. The Labute approximate surface area is 183 Å². The van der Waals surface area contributed by atoms with Gasteiger partial charge < -0.3 is 20.1 Å². The highest BCUT2D eigenvalue weighted by atomic mass is 16.5. The summed E-state index contributed by atoms with van der Waals surface area (Å²) in [6.07, 6.45) is 0. The summed E-state index contributed by atoms with van der Waals surface area (Å²) in [7, 11) is 0. The number of carbonyl (C=O) groups excluding carboxylic acids is 2. The maximum atomic E-state index is 12.8. The number of allylic oxidation sites excluding steroid dienone is 1. The Morgan fingerprint density at radius 3 is 2.61 bits per heavy atom. The summed E-state index contributed by atoms with van der Waals surface area (Å²) < 4.78 is 11.5. The third-order valence-electron chi connectivity index (χ3n) is 5.13. The van der Waals surface area contributed by atoms with Crippen molar-refractivity contribution >= 4 is 12.0 Å². The van der Waals surface area contributed by atoms with Gasteiger partial charge in [-0.2, -0.15) is 0 Å². The molecule has 1 atom stereocenters. The van der Waals surface area contributed by atoms with E-state index in [9.17, 15) is 9.59 Å². The number of nitrogens with one attached hydrogen (secondary N) is 2. The lowest BCUT2D eigenvalue weighted by molar-refractivity contribution is -0.140. The van der Waals surface area contributed by atoms with E-state index in [2.05, 4.69) is 42.7 Å². The minimum absolute atomic E-state index is 0.219. The first-order valence-corrected chi connectivity index (χ1v) is 10.5. The van der Waals surface area contributed by atoms with Crippen LogP contribution in [0.4, 0.5) is 4.79 Å². The van der Waals surface area contributed by atoms with Crippen LogP contribution in [-0.2, 0) is 16.1 Å². The molecule has 0 spiro atoms. The molecule has 0 radical (unpaired) electrons. The summed E-state index contributed by atoms with van der Waals surface area (Å²) in [6.45, 7) is 10.5. The summed E-state index contributed by atoms with van der Waals surface area (Å²) in [5.41, 5.74) is 5.11. The number of carbonyl (C=O) groups is 2.